The van der Waals surface area contributed by atoms with Crippen molar-refractivity contribution in [2.75, 3.05) is 26.4 Å². The minimum Gasteiger partial charge on any atom is -0.491 e. The van der Waals surface area contributed by atoms with E-state index in [-0.39, 0.29) is 0 Å². The van der Waals surface area contributed by atoms with Crippen molar-refractivity contribution in [3.8, 4) is 5.75 Å². The lowest BCUT2D eigenvalue weighted by atomic mass is 10.3. The van der Waals surface area contributed by atoms with E-state index in [1.807, 2.05) is 24.3 Å². The Morgan fingerprint density at radius 2 is 2.06 bits per heavy atom. The highest BCUT2D eigenvalue weighted by Crippen LogP contribution is 2.17. The highest BCUT2D eigenvalue weighted by molar-refractivity contribution is 9.10. The topological polar surface area (TPSA) is 30.5 Å². The van der Waals surface area contributed by atoms with Crippen molar-refractivity contribution in [1.82, 2.24) is 5.32 Å². The SMILES string of the molecule is CC(C)NCCOCCOc1cccc(Br)c1. The van der Waals surface area contributed by atoms with Crippen LogP contribution in [0.15, 0.2) is 28.7 Å². The summed E-state index contributed by atoms with van der Waals surface area (Å²) in [7, 11) is 0. The van der Waals surface area contributed by atoms with Crippen molar-refractivity contribution in [3.63, 3.8) is 0 Å². The lowest BCUT2D eigenvalue weighted by molar-refractivity contribution is 0.101. The molecule has 1 N–H and O–H groups in total. The summed E-state index contributed by atoms with van der Waals surface area (Å²) in [6, 6.07) is 8.32. The summed E-state index contributed by atoms with van der Waals surface area (Å²) < 4.78 is 12.0. The van der Waals surface area contributed by atoms with Crippen LogP contribution < -0.4 is 10.1 Å². The van der Waals surface area contributed by atoms with Crippen LogP contribution in [0.4, 0.5) is 0 Å². The molecule has 1 aromatic rings. The predicted octanol–water partition coefficient (Wildman–Crippen LogP) is 2.84. The van der Waals surface area contributed by atoms with Crippen LogP contribution in [0.2, 0.25) is 0 Å². The van der Waals surface area contributed by atoms with Gasteiger partial charge in [0.25, 0.3) is 0 Å². The van der Waals surface area contributed by atoms with Gasteiger partial charge in [0, 0.05) is 17.1 Å². The second-order valence-electron chi connectivity index (χ2n) is 4.03. The fourth-order valence-electron chi connectivity index (χ4n) is 1.30. The third-order valence-corrected chi connectivity index (χ3v) is 2.58. The number of ether oxygens (including phenoxy) is 2. The van der Waals surface area contributed by atoms with Crippen LogP contribution >= 0.6 is 15.9 Å². The van der Waals surface area contributed by atoms with Gasteiger partial charge in [0.15, 0.2) is 0 Å². The first-order valence-corrected chi connectivity index (χ1v) is 6.67. The molecular weight excluding hydrogens is 282 g/mol. The summed E-state index contributed by atoms with van der Waals surface area (Å²) in [6.07, 6.45) is 0. The zero-order valence-corrected chi connectivity index (χ0v) is 12.0. The fourth-order valence-corrected chi connectivity index (χ4v) is 1.68. The summed E-state index contributed by atoms with van der Waals surface area (Å²) in [4.78, 5) is 0. The van der Waals surface area contributed by atoms with Crippen LogP contribution in [0.3, 0.4) is 0 Å². The second-order valence-corrected chi connectivity index (χ2v) is 4.94. The third kappa shape index (κ3) is 7.36. The summed E-state index contributed by atoms with van der Waals surface area (Å²) in [5.74, 6) is 0.864. The highest BCUT2D eigenvalue weighted by Gasteiger charge is 1.95. The molecule has 0 atom stereocenters. The molecule has 3 nitrogen and oxygen atoms in total. The van der Waals surface area contributed by atoms with Crippen molar-refractivity contribution in [2.45, 2.75) is 19.9 Å². The molecule has 0 amide bonds. The van der Waals surface area contributed by atoms with E-state index in [0.717, 1.165) is 23.4 Å². The van der Waals surface area contributed by atoms with Crippen LogP contribution in [0.5, 0.6) is 5.75 Å². The monoisotopic (exact) mass is 301 g/mol. The van der Waals surface area contributed by atoms with E-state index in [1.165, 1.54) is 0 Å². The molecule has 0 spiro atoms. The van der Waals surface area contributed by atoms with Crippen LogP contribution in [0.1, 0.15) is 13.8 Å². The Morgan fingerprint density at radius 1 is 1.24 bits per heavy atom. The Morgan fingerprint density at radius 3 is 2.76 bits per heavy atom. The van der Waals surface area contributed by atoms with E-state index >= 15 is 0 Å². The van der Waals surface area contributed by atoms with Gasteiger partial charge in [0.2, 0.25) is 0 Å². The second kappa shape index (κ2) is 8.50. The molecule has 0 bridgehead atoms. The Balaban J connectivity index is 2.01. The van der Waals surface area contributed by atoms with E-state index in [4.69, 9.17) is 9.47 Å². The molecule has 0 aliphatic carbocycles. The van der Waals surface area contributed by atoms with Gasteiger partial charge in [0.1, 0.15) is 12.4 Å². The maximum atomic E-state index is 5.54. The van der Waals surface area contributed by atoms with E-state index < -0.39 is 0 Å². The largest absolute Gasteiger partial charge is 0.491 e. The zero-order chi connectivity index (χ0) is 12.5. The van der Waals surface area contributed by atoms with Crippen molar-refractivity contribution in [1.29, 1.82) is 0 Å². The van der Waals surface area contributed by atoms with Gasteiger partial charge in [-0.3, -0.25) is 0 Å². The normalized spacial score (nSPS) is 10.8. The molecule has 1 rings (SSSR count). The summed E-state index contributed by atoms with van der Waals surface area (Å²) >= 11 is 3.40. The number of benzene rings is 1. The van der Waals surface area contributed by atoms with Crippen molar-refractivity contribution < 1.29 is 9.47 Å². The van der Waals surface area contributed by atoms with E-state index in [1.54, 1.807) is 0 Å². The molecule has 0 saturated heterocycles. The summed E-state index contributed by atoms with van der Waals surface area (Å²) in [6.45, 7) is 7.05. The van der Waals surface area contributed by atoms with Crippen molar-refractivity contribution in [2.24, 2.45) is 0 Å². The molecule has 0 aliphatic rings. The van der Waals surface area contributed by atoms with Gasteiger partial charge in [-0.05, 0) is 18.2 Å². The zero-order valence-electron chi connectivity index (χ0n) is 10.4. The molecule has 0 aromatic heterocycles. The van der Waals surface area contributed by atoms with Crippen LogP contribution in [0.25, 0.3) is 0 Å². The molecule has 1 aromatic carbocycles. The van der Waals surface area contributed by atoms with E-state index in [2.05, 4.69) is 35.1 Å². The average Bonchev–Trinajstić information content (AvgIpc) is 2.27. The third-order valence-electron chi connectivity index (χ3n) is 2.09. The maximum absolute atomic E-state index is 5.54. The molecule has 0 aliphatic heterocycles. The number of nitrogens with one attached hydrogen (secondary N) is 1. The van der Waals surface area contributed by atoms with Crippen LogP contribution in [0, 0.1) is 0 Å². The Labute approximate surface area is 112 Å². The number of hydrogen-bond donors (Lipinski definition) is 1. The standard InChI is InChI=1S/C13H20BrNO2/c1-11(2)15-6-7-16-8-9-17-13-5-3-4-12(14)10-13/h3-5,10-11,15H,6-9H2,1-2H3. The number of rotatable bonds is 8. The fraction of sp³-hybridized carbons (Fsp3) is 0.538. The summed E-state index contributed by atoms with van der Waals surface area (Å²) in [5, 5.41) is 3.29. The first-order valence-electron chi connectivity index (χ1n) is 5.88. The van der Waals surface area contributed by atoms with E-state index in [9.17, 15) is 0 Å². The molecule has 0 radical (unpaired) electrons. The van der Waals surface area contributed by atoms with Gasteiger partial charge < -0.3 is 14.8 Å². The molecule has 0 unspecified atom stereocenters. The Kier molecular flexibility index (Phi) is 7.24. The van der Waals surface area contributed by atoms with Gasteiger partial charge in [-0.15, -0.1) is 0 Å². The molecule has 96 valence electrons. The number of halogens is 1. The Bertz CT molecular complexity index is 318. The molecule has 0 heterocycles. The molecular formula is C13H20BrNO2. The van der Waals surface area contributed by atoms with Crippen molar-refractivity contribution >= 4 is 15.9 Å². The minimum absolute atomic E-state index is 0.511. The summed E-state index contributed by atoms with van der Waals surface area (Å²) in [5.41, 5.74) is 0. The minimum atomic E-state index is 0.511. The van der Waals surface area contributed by atoms with Gasteiger partial charge in [-0.1, -0.05) is 35.8 Å². The molecule has 4 heteroatoms. The van der Waals surface area contributed by atoms with Gasteiger partial charge >= 0.3 is 0 Å². The maximum Gasteiger partial charge on any atom is 0.120 e. The lowest BCUT2D eigenvalue weighted by Gasteiger charge is -2.09. The van der Waals surface area contributed by atoms with Gasteiger partial charge in [-0.25, -0.2) is 0 Å². The van der Waals surface area contributed by atoms with Crippen LogP contribution in [-0.4, -0.2) is 32.4 Å². The van der Waals surface area contributed by atoms with E-state index in [0.29, 0.717) is 19.3 Å². The van der Waals surface area contributed by atoms with Gasteiger partial charge in [0.05, 0.1) is 13.2 Å². The lowest BCUT2D eigenvalue weighted by Crippen LogP contribution is -2.27. The van der Waals surface area contributed by atoms with Crippen LogP contribution in [-0.2, 0) is 4.74 Å². The quantitative estimate of drug-likeness (QED) is 0.749. The van der Waals surface area contributed by atoms with Crippen molar-refractivity contribution in [3.05, 3.63) is 28.7 Å². The predicted molar refractivity (Wildman–Crippen MR) is 73.6 cm³/mol. The average molecular weight is 302 g/mol. The first kappa shape index (κ1) is 14.5. The smallest absolute Gasteiger partial charge is 0.120 e. The first-order chi connectivity index (χ1) is 8.18. The number of hydrogen-bond acceptors (Lipinski definition) is 3. The van der Waals surface area contributed by atoms with Gasteiger partial charge in [-0.2, -0.15) is 0 Å². The molecule has 17 heavy (non-hydrogen) atoms. The Hall–Kier alpha value is -0.580. The highest BCUT2D eigenvalue weighted by atomic mass is 79.9. The molecule has 0 saturated carbocycles. The molecule has 0 fully saturated rings.